The SMILES string of the molecule is CCc1ncnc(NCc2ccc(C)cc2OCC2CCCO2)c1F. The molecule has 1 atom stereocenters. The van der Waals surface area contributed by atoms with Gasteiger partial charge in [0.25, 0.3) is 0 Å². The fraction of sp³-hybridized carbons (Fsp3) is 0.474. The maximum Gasteiger partial charge on any atom is 0.186 e. The van der Waals surface area contributed by atoms with Gasteiger partial charge < -0.3 is 14.8 Å². The summed E-state index contributed by atoms with van der Waals surface area (Å²) in [4.78, 5) is 7.95. The lowest BCUT2D eigenvalue weighted by atomic mass is 10.1. The lowest BCUT2D eigenvalue weighted by Gasteiger charge is -2.16. The molecule has 1 aromatic heterocycles. The minimum Gasteiger partial charge on any atom is -0.491 e. The van der Waals surface area contributed by atoms with Crippen molar-refractivity contribution in [2.45, 2.75) is 45.8 Å². The summed E-state index contributed by atoms with van der Waals surface area (Å²) in [6.45, 7) is 5.67. The van der Waals surface area contributed by atoms with E-state index in [1.165, 1.54) is 6.33 Å². The van der Waals surface area contributed by atoms with Gasteiger partial charge in [0.2, 0.25) is 0 Å². The molecule has 1 aliphatic rings. The van der Waals surface area contributed by atoms with Crippen LogP contribution in [0.15, 0.2) is 24.5 Å². The highest BCUT2D eigenvalue weighted by Crippen LogP contribution is 2.24. The first-order chi connectivity index (χ1) is 12.2. The predicted octanol–water partition coefficient (Wildman–Crippen LogP) is 3.66. The maximum absolute atomic E-state index is 14.3. The van der Waals surface area contributed by atoms with Crippen molar-refractivity contribution in [2.24, 2.45) is 0 Å². The van der Waals surface area contributed by atoms with Crippen LogP contribution in [0.3, 0.4) is 0 Å². The molecule has 1 N–H and O–H groups in total. The van der Waals surface area contributed by atoms with Crippen LogP contribution in [0, 0.1) is 12.7 Å². The van der Waals surface area contributed by atoms with E-state index in [1.807, 2.05) is 32.0 Å². The molecule has 1 saturated heterocycles. The lowest BCUT2D eigenvalue weighted by Crippen LogP contribution is -2.17. The zero-order valence-electron chi connectivity index (χ0n) is 14.7. The zero-order chi connectivity index (χ0) is 17.6. The van der Waals surface area contributed by atoms with E-state index in [4.69, 9.17) is 9.47 Å². The molecule has 0 radical (unpaired) electrons. The minimum absolute atomic E-state index is 0.160. The zero-order valence-corrected chi connectivity index (χ0v) is 14.7. The van der Waals surface area contributed by atoms with Crippen LogP contribution < -0.4 is 10.1 Å². The van der Waals surface area contributed by atoms with Crippen LogP contribution in [0.4, 0.5) is 10.2 Å². The predicted molar refractivity (Wildman–Crippen MR) is 94.3 cm³/mol. The third kappa shape index (κ3) is 4.45. The van der Waals surface area contributed by atoms with Gasteiger partial charge in [-0.25, -0.2) is 14.4 Å². The van der Waals surface area contributed by atoms with Crippen LogP contribution in [0.25, 0.3) is 0 Å². The standard InChI is InChI=1S/C19H24FN3O2/c1-3-16-18(20)19(23-12-22-16)21-10-14-7-6-13(2)9-17(14)25-11-15-5-4-8-24-15/h6-7,9,12,15H,3-5,8,10-11H2,1-2H3,(H,21,22,23). The number of halogens is 1. The highest BCUT2D eigenvalue weighted by molar-refractivity contribution is 5.42. The molecule has 0 saturated carbocycles. The summed E-state index contributed by atoms with van der Waals surface area (Å²) < 4.78 is 25.8. The first kappa shape index (κ1) is 17.6. The van der Waals surface area contributed by atoms with Crippen molar-refractivity contribution in [2.75, 3.05) is 18.5 Å². The fourth-order valence-electron chi connectivity index (χ4n) is 2.86. The van der Waals surface area contributed by atoms with Crippen LogP contribution >= 0.6 is 0 Å². The monoisotopic (exact) mass is 345 g/mol. The van der Waals surface area contributed by atoms with E-state index in [0.717, 1.165) is 36.3 Å². The Morgan fingerprint density at radius 2 is 2.24 bits per heavy atom. The Morgan fingerprint density at radius 3 is 3.00 bits per heavy atom. The van der Waals surface area contributed by atoms with Crippen molar-refractivity contribution < 1.29 is 13.9 Å². The largest absolute Gasteiger partial charge is 0.491 e. The Labute approximate surface area is 147 Å². The van der Waals surface area contributed by atoms with Gasteiger partial charge in [0.15, 0.2) is 11.6 Å². The fourth-order valence-corrected chi connectivity index (χ4v) is 2.86. The molecule has 6 heteroatoms. The second kappa shape index (κ2) is 8.25. The van der Waals surface area contributed by atoms with Gasteiger partial charge in [-0.3, -0.25) is 0 Å². The molecule has 2 aromatic rings. The molecule has 1 aromatic carbocycles. The van der Waals surface area contributed by atoms with Gasteiger partial charge in [-0.05, 0) is 37.8 Å². The molecule has 0 aliphatic carbocycles. The molecule has 0 amide bonds. The highest BCUT2D eigenvalue weighted by Gasteiger charge is 2.17. The van der Waals surface area contributed by atoms with Crippen LogP contribution in [-0.4, -0.2) is 29.3 Å². The average molecular weight is 345 g/mol. The molecular formula is C19H24FN3O2. The number of nitrogens with zero attached hydrogens (tertiary/aromatic N) is 2. The van der Waals surface area contributed by atoms with E-state index in [9.17, 15) is 4.39 Å². The molecule has 3 rings (SSSR count). The van der Waals surface area contributed by atoms with Crippen molar-refractivity contribution in [3.63, 3.8) is 0 Å². The molecule has 1 fully saturated rings. The summed E-state index contributed by atoms with van der Waals surface area (Å²) in [5, 5.41) is 3.05. The Kier molecular flexibility index (Phi) is 5.81. The summed E-state index contributed by atoms with van der Waals surface area (Å²) in [7, 11) is 0. The molecule has 1 unspecified atom stereocenters. The first-order valence-corrected chi connectivity index (χ1v) is 8.74. The number of hydrogen-bond donors (Lipinski definition) is 1. The number of hydrogen-bond acceptors (Lipinski definition) is 5. The second-order valence-corrected chi connectivity index (χ2v) is 6.25. The number of aryl methyl sites for hydroxylation is 2. The van der Waals surface area contributed by atoms with Crippen LogP contribution in [0.2, 0.25) is 0 Å². The van der Waals surface area contributed by atoms with Crippen LogP contribution in [0.5, 0.6) is 5.75 Å². The molecule has 0 spiro atoms. The number of benzene rings is 1. The Morgan fingerprint density at radius 1 is 1.36 bits per heavy atom. The van der Waals surface area contributed by atoms with Crippen molar-refractivity contribution in [1.29, 1.82) is 0 Å². The van der Waals surface area contributed by atoms with Gasteiger partial charge >= 0.3 is 0 Å². The summed E-state index contributed by atoms with van der Waals surface area (Å²) in [6, 6.07) is 6.01. The number of anilines is 1. The third-order valence-corrected chi connectivity index (χ3v) is 4.31. The molecule has 1 aliphatic heterocycles. The summed E-state index contributed by atoms with van der Waals surface area (Å²) in [6.07, 6.45) is 4.19. The van der Waals surface area contributed by atoms with Gasteiger partial charge in [0.1, 0.15) is 18.7 Å². The smallest absolute Gasteiger partial charge is 0.186 e. The van der Waals surface area contributed by atoms with Crippen molar-refractivity contribution in [3.05, 3.63) is 47.2 Å². The molecule has 5 nitrogen and oxygen atoms in total. The number of aromatic nitrogens is 2. The molecule has 134 valence electrons. The maximum atomic E-state index is 14.3. The van der Waals surface area contributed by atoms with Crippen molar-refractivity contribution in [3.8, 4) is 5.75 Å². The average Bonchev–Trinajstić information content (AvgIpc) is 3.13. The molecule has 0 bridgehead atoms. The second-order valence-electron chi connectivity index (χ2n) is 6.25. The number of nitrogens with one attached hydrogen (secondary N) is 1. The van der Waals surface area contributed by atoms with Crippen molar-refractivity contribution >= 4 is 5.82 Å². The van der Waals surface area contributed by atoms with Gasteiger partial charge in [0.05, 0.1) is 11.8 Å². The van der Waals surface area contributed by atoms with Crippen LogP contribution in [0.1, 0.15) is 36.6 Å². The Balaban J connectivity index is 1.69. The summed E-state index contributed by atoms with van der Waals surface area (Å²) >= 11 is 0. The van der Waals surface area contributed by atoms with E-state index >= 15 is 0 Å². The van der Waals surface area contributed by atoms with E-state index in [2.05, 4.69) is 15.3 Å². The van der Waals surface area contributed by atoms with Crippen LogP contribution in [-0.2, 0) is 17.7 Å². The van der Waals surface area contributed by atoms with E-state index in [-0.39, 0.29) is 17.7 Å². The quantitative estimate of drug-likeness (QED) is 0.830. The summed E-state index contributed by atoms with van der Waals surface area (Å²) in [5.74, 6) is 0.629. The molecular weight excluding hydrogens is 321 g/mol. The number of rotatable bonds is 7. The molecule has 25 heavy (non-hydrogen) atoms. The lowest BCUT2D eigenvalue weighted by molar-refractivity contribution is 0.0676. The first-order valence-electron chi connectivity index (χ1n) is 8.74. The summed E-state index contributed by atoms with van der Waals surface area (Å²) in [5.41, 5.74) is 2.49. The highest BCUT2D eigenvalue weighted by atomic mass is 19.1. The third-order valence-electron chi connectivity index (χ3n) is 4.31. The van der Waals surface area contributed by atoms with Gasteiger partial charge in [-0.1, -0.05) is 19.1 Å². The van der Waals surface area contributed by atoms with E-state index < -0.39 is 0 Å². The topological polar surface area (TPSA) is 56.3 Å². The number of ether oxygens (including phenoxy) is 2. The Hall–Kier alpha value is -2.21. The minimum atomic E-state index is -0.390. The molecule has 2 heterocycles. The van der Waals surface area contributed by atoms with Gasteiger partial charge in [-0.2, -0.15) is 0 Å². The van der Waals surface area contributed by atoms with E-state index in [0.29, 0.717) is 25.3 Å². The normalized spacial score (nSPS) is 16.8. The van der Waals surface area contributed by atoms with Gasteiger partial charge in [-0.15, -0.1) is 0 Å². The Bertz CT molecular complexity index is 718. The van der Waals surface area contributed by atoms with Gasteiger partial charge in [0, 0.05) is 18.7 Å². The van der Waals surface area contributed by atoms with E-state index in [1.54, 1.807) is 0 Å². The van der Waals surface area contributed by atoms with Crippen molar-refractivity contribution in [1.82, 2.24) is 9.97 Å².